The molecule has 2 rings (SSSR count). The summed E-state index contributed by atoms with van der Waals surface area (Å²) in [6, 6.07) is 0. The zero-order chi connectivity index (χ0) is 9.15. The van der Waals surface area contributed by atoms with Gasteiger partial charge in [0.25, 0.3) is 0 Å². The van der Waals surface area contributed by atoms with Crippen molar-refractivity contribution in [2.24, 2.45) is 11.3 Å². The predicted octanol–water partition coefficient (Wildman–Crippen LogP) is 3.12. The van der Waals surface area contributed by atoms with Gasteiger partial charge in [-0.15, -0.1) is 0 Å². The highest BCUT2D eigenvalue weighted by molar-refractivity contribution is 4.91. The molecule has 0 aromatic rings. The summed E-state index contributed by atoms with van der Waals surface area (Å²) in [5.74, 6) is 0.855. The van der Waals surface area contributed by atoms with E-state index in [2.05, 4.69) is 0 Å². The Balaban J connectivity index is 2.01. The maximum absolute atomic E-state index is 9.57. The molecule has 1 N–H and O–H groups in total. The van der Waals surface area contributed by atoms with Crippen molar-refractivity contribution in [3.8, 4) is 0 Å². The average Bonchev–Trinajstić information content (AvgIpc) is 2.69. The quantitative estimate of drug-likeness (QED) is 0.695. The first-order valence-electron chi connectivity index (χ1n) is 5.98. The Kier molecular flexibility index (Phi) is 2.92. The summed E-state index contributed by atoms with van der Waals surface area (Å²) < 4.78 is 0. The maximum Gasteiger partial charge on any atom is 0.0490 e. The molecule has 0 radical (unpaired) electrons. The van der Waals surface area contributed by atoms with E-state index in [9.17, 15) is 5.11 Å². The summed E-state index contributed by atoms with van der Waals surface area (Å²) in [5.41, 5.74) is 0.362. The highest BCUT2D eigenvalue weighted by atomic mass is 16.3. The van der Waals surface area contributed by atoms with Gasteiger partial charge in [0.2, 0.25) is 0 Å². The van der Waals surface area contributed by atoms with E-state index in [1.54, 1.807) is 0 Å². The van der Waals surface area contributed by atoms with Gasteiger partial charge in [0.1, 0.15) is 0 Å². The van der Waals surface area contributed by atoms with Crippen LogP contribution in [0.5, 0.6) is 0 Å². The third kappa shape index (κ3) is 1.76. The first-order valence-corrected chi connectivity index (χ1v) is 5.98. The minimum Gasteiger partial charge on any atom is -0.396 e. The third-order valence-electron chi connectivity index (χ3n) is 4.39. The molecule has 1 heteroatoms. The predicted molar refractivity (Wildman–Crippen MR) is 54.6 cm³/mol. The molecule has 0 heterocycles. The van der Waals surface area contributed by atoms with E-state index in [1.165, 1.54) is 57.8 Å². The fraction of sp³-hybridized carbons (Fsp3) is 1.00. The molecular weight excluding hydrogens is 160 g/mol. The molecule has 0 aliphatic heterocycles. The molecule has 2 aliphatic rings. The standard InChI is InChI=1S/C12H22O/c13-10-12(8-4-5-9-12)11-6-2-1-3-7-11/h11,13H,1-10H2. The Morgan fingerprint density at radius 1 is 0.923 bits per heavy atom. The molecule has 0 saturated heterocycles. The molecule has 0 aromatic heterocycles. The van der Waals surface area contributed by atoms with Crippen molar-refractivity contribution in [2.45, 2.75) is 57.8 Å². The number of rotatable bonds is 2. The molecule has 0 amide bonds. The van der Waals surface area contributed by atoms with Gasteiger partial charge in [-0.2, -0.15) is 0 Å². The molecule has 0 atom stereocenters. The van der Waals surface area contributed by atoms with E-state index in [-0.39, 0.29) is 0 Å². The normalized spacial score (nSPS) is 29.3. The van der Waals surface area contributed by atoms with Crippen molar-refractivity contribution < 1.29 is 5.11 Å². The Bertz CT molecular complexity index is 153. The summed E-state index contributed by atoms with van der Waals surface area (Å²) in [5, 5.41) is 9.57. The number of aliphatic hydroxyl groups excluding tert-OH is 1. The minimum atomic E-state index is 0.362. The summed E-state index contributed by atoms with van der Waals surface area (Å²) in [4.78, 5) is 0. The van der Waals surface area contributed by atoms with Crippen molar-refractivity contribution >= 4 is 0 Å². The van der Waals surface area contributed by atoms with Crippen molar-refractivity contribution in [1.82, 2.24) is 0 Å². The lowest BCUT2D eigenvalue weighted by Gasteiger charge is -2.38. The fourth-order valence-corrected chi connectivity index (χ4v) is 3.49. The van der Waals surface area contributed by atoms with Gasteiger partial charge in [-0.25, -0.2) is 0 Å². The van der Waals surface area contributed by atoms with Crippen LogP contribution in [0.25, 0.3) is 0 Å². The second kappa shape index (κ2) is 4.00. The van der Waals surface area contributed by atoms with Crippen molar-refractivity contribution in [3.05, 3.63) is 0 Å². The largest absolute Gasteiger partial charge is 0.396 e. The molecule has 0 spiro atoms. The SMILES string of the molecule is OCC1(C2CCCCC2)CCCC1. The lowest BCUT2D eigenvalue weighted by molar-refractivity contribution is 0.0457. The van der Waals surface area contributed by atoms with Crippen LogP contribution < -0.4 is 0 Å². The molecule has 2 fully saturated rings. The first kappa shape index (κ1) is 9.51. The zero-order valence-corrected chi connectivity index (χ0v) is 8.60. The van der Waals surface area contributed by atoms with E-state index in [0.29, 0.717) is 12.0 Å². The Labute approximate surface area is 81.5 Å². The summed E-state index contributed by atoms with van der Waals surface area (Å²) in [6.07, 6.45) is 12.3. The van der Waals surface area contributed by atoms with E-state index < -0.39 is 0 Å². The number of hydrogen-bond donors (Lipinski definition) is 1. The zero-order valence-electron chi connectivity index (χ0n) is 8.60. The van der Waals surface area contributed by atoms with Gasteiger partial charge < -0.3 is 5.11 Å². The van der Waals surface area contributed by atoms with Crippen LogP contribution >= 0.6 is 0 Å². The second-order valence-electron chi connectivity index (χ2n) is 5.06. The molecule has 2 saturated carbocycles. The Morgan fingerprint density at radius 3 is 2.08 bits per heavy atom. The van der Waals surface area contributed by atoms with E-state index in [0.717, 1.165) is 5.92 Å². The lowest BCUT2D eigenvalue weighted by atomic mass is 9.68. The molecule has 2 aliphatic carbocycles. The van der Waals surface area contributed by atoms with Gasteiger partial charge in [0, 0.05) is 6.61 Å². The van der Waals surface area contributed by atoms with Gasteiger partial charge in [-0.05, 0) is 37.0 Å². The van der Waals surface area contributed by atoms with E-state index in [4.69, 9.17) is 0 Å². The second-order valence-corrected chi connectivity index (χ2v) is 5.06. The molecule has 1 nitrogen and oxygen atoms in total. The molecule has 13 heavy (non-hydrogen) atoms. The molecule has 0 bridgehead atoms. The first-order chi connectivity index (χ1) is 6.37. The van der Waals surface area contributed by atoms with Crippen molar-refractivity contribution in [1.29, 1.82) is 0 Å². The van der Waals surface area contributed by atoms with E-state index >= 15 is 0 Å². The molecular formula is C12H22O. The minimum absolute atomic E-state index is 0.362. The van der Waals surface area contributed by atoms with Crippen LogP contribution in [0.2, 0.25) is 0 Å². The summed E-state index contributed by atoms with van der Waals surface area (Å²) in [7, 11) is 0. The van der Waals surface area contributed by atoms with Gasteiger partial charge in [-0.1, -0.05) is 32.1 Å². The van der Waals surface area contributed by atoms with Crippen molar-refractivity contribution in [3.63, 3.8) is 0 Å². The van der Waals surface area contributed by atoms with Crippen LogP contribution in [0.1, 0.15) is 57.8 Å². The third-order valence-corrected chi connectivity index (χ3v) is 4.39. The number of aliphatic hydroxyl groups is 1. The monoisotopic (exact) mass is 182 g/mol. The van der Waals surface area contributed by atoms with Crippen LogP contribution in [0.15, 0.2) is 0 Å². The number of hydrogen-bond acceptors (Lipinski definition) is 1. The van der Waals surface area contributed by atoms with Crippen molar-refractivity contribution in [2.75, 3.05) is 6.61 Å². The average molecular weight is 182 g/mol. The Hall–Kier alpha value is -0.0400. The van der Waals surface area contributed by atoms with E-state index in [1.807, 2.05) is 0 Å². The van der Waals surface area contributed by atoms with Gasteiger partial charge in [0.15, 0.2) is 0 Å². The fourth-order valence-electron chi connectivity index (χ4n) is 3.49. The molecule has 76 valence electrons. The highest BCUT2D eigenvalue weighted by Gasteiger charge is 2.40. The van der Waals surface area contributed by atoms with Crippen LogP contribution in [-0.2, 0) is 0 Å². The summed E-state index contributed by atoms with van der Waals surface area (Å²) in [6.45, 7) is 0.456. The maximum atomic E-state index is 9.57. The smallest absolute Gasteiger partial charge is 0.0490 e. The molecule has 0 unspecified atom stereocenters. The van der Waals surface area contributed by atoms with Crippen LogP contribution in [0.4, 0.5) is 0 Å². The van der Waals surface area contributed by atoms with Gasteiger partial charge >= 0.3 is 0 Å². The van der Waals surface area contributed by atoms with Gasteiger partial charge in [-0.3, -0.25) is 0 Å². The highest BCUT2D eigenvalue weighted by Crippen LogP contribution is 2.49. The Morgan fingerprint density at radius 2 is 1.54 bits per heavy atom. The van der Waals surface area contributed by atoms with Crippen LogP contribution in [0, 0.1) is 11.3 Å². The van der Waals surface area contributed by atoms with Crippen LogP contribution in [0.3, 0.4) is 0 Å². The van der Waals surface area contributed by atoms with Gasteiger partial charge in [0.05, 0.1) is 0 Å². The van der Waals surface area contributed by atoms with Crippen LogP contribution in [-0.4, -0.2) is 11.7 Å². The lowest BCUT2D eigenvalue weighted by Crippen LogP contribution is -2.32. The summed E-state index contributed by atoms with van der Waals surface area (Å²) >= 11 is 0. The molecule has 0 aromatic carbocycles. The topological polar surface area (TPSA) is 20.2 Å².